The molecule has 636 valence electrons. The first-order valence-electron chi connectivity index (χ1n) is 45.6. The maximum atomic E-state index is 13.2. The molecule has 0 amide bonds. The highest BCUT2D eigenvalue weighted by atomic mass is 31.2. The Morgan fingerprint density at radius 3 is 0.636 bits per heavy atom. The van der Waals surface area contributed by atoms with E-state index in [0.717, 1.165) is 95.8 Å². The minimum Gasteiger partial charge on any atom is -0.462 e. The molecule has 0 aliphatic heterocycles. The van der Waals surface area contributed by atoms with Crippen molar-refractivity contribution >= 4 is 39.5 Å². The Hall–Kier alpha value is -1.94. The van der Waals surface area contributed by atoms with Crippen LogP contribution < -0.4 is 0 Å². The average Bonchev–Trinajstić information content (AvgIpc) is 0.901. The summed E-state index contributed by atoms with van der Waals surface area (Å²) in [5.41, 5.74) is 0. The van der Waals surface area contributed by atoms with Gasteiger partial charge in [0.1, 0.15) is 19.3 Å². The van der Waals surface area contributed by atoms with Crippen molar-refractivity contribution in [3.8, 4) is 0 Å². The van der Waals surface area contributed by atoms with Crippen molar-refractivity contribution in [2.24, 2.45) is 5.92 Å². The highest BCUT2D eigenvalue weighted by Gasteiger charge is 2.30. The molecule has 107 heavy (non-hydrogen) atoms. The molecular formula is C88H172O17P2. The third kappa shape index (κ3) is 81.9. The summed E-state index contributed by atoms with van der Waals surface area (Å²) in [7, 11) is -9.93. The lowest BCUT2D eigenvalue weighted by molar-refractivity contribution is -0.161. The molecule has 0 aliphatic carbocycles. The number of hydrogen-bond donors (Lipinski definition) is 3. The number of hydrogen-bond acceptors (Lipinski definition) is 15. The lowest BCUT2D eigenvalue weighted by atomic mass is 10.0. The number of phosphoric ester groups is 2. The van der Waals surface area contributed by atoms with Crippen LogP contribution in [0.25, 0.3) is 0 Å². The van der Waals surface area contributed by atoms with E-state index >= 15 is 0 Å². The van der Waals surface area contributed by atoms with Gasteiger partial charge in [0.15, 0.2) is 12.2 Å². The number of unbranched alkanes of at least 4 members (excludes halogenated alkanes) is 60. The third-order valence-corrected chi connectivity index (χ3v) is 22.7. The lowest BCUT2D eigenvalue weighted by Gasteiger charge is -2.21. The molecule has 2 unspecified atom stereocenters. The van der Waals surface area contributed by atoms with Gasteiger partial charge in [0.05, 0.1) is 26.4 Å². The van der Waals surface area contributed by atoms with Crippen molar-refractivity contribution in [3.63, 3.8) is 0 Å². The predicted octanol–water partition coefficient (Wildman–Crippen LogP) is 27.2. The fraction of sp³-hybridized carbons (Fsp3) is 0.955. The van der Waals surface area contributed by atoms with Gasteiger partial charge in [0.25, 0.3) is 0 Å². The summed E-state index contributed by atoms with van der Waals surface area (Å²) in [4.78, 5) is 73.2. The number of aliphatic hydroxyl groups excluding tert-OH is 1. The van der Waals surface area contributed by atoms with Crippen LogP contribution in [0.4, 0.5) is 0 Å². The molecule has 0 saturated carbocycles. The molecule has 0 aromatic heterocycles. The van der Waals surface area contributed by atoms with E-state index in [0.29, 0.717) is 25.7 Å². The monoisotopic (exact) mass is 1560 g/mol. The van der Waals surface area contributed by atoms with E-state index in [-0.39, 0.29) is 25.7 Å². The minimum atomic E-state index is -4.97. The second-order valence-electron chi connectivity index (χ2n) is 32.1. The summed E-state index contributed by atoms with van der Waals surface area (Å²) in [5.74, 6) is -1.28. The fourth-order valence-electron chi connectivity index (χ4n) is 13.8. The van der Waals surface area contributed by atoms with Gasteiger partial charge >= 0.3 is 39.5 Å². The van der Waals surface area contributed by atoms with Gasteiger partial charge in [-0.2, -0.15) is 0 Å². The molecule has 3 N–H and O–H groups in total. The summed E-state index contributed by atoms with van der Waals surface area (Å²) in [6, 6.07) is 0. The topological polar surface area (TPSA) is 237 Å². The first-order valence-corrected chi connectivity index (χ1v) is 48.6. The van der Waals surface area contributed by atoms with Gasteiger partial charge in [-0.05, 0) is 31.6 Å². The van der Waals surface area contributed by atoms with Crippen LogP contribution in [-0.4, -0.2) is 96.7 Å². The van der Waals surface area contributed by atoms with Crippen LogP contribution in [0.3, 0.4) is 0 Å². The van der Waals surface area contributed by atoms with E-state index < -0.39 is 97.5 Å². The summed E-state index contributed by atoms with van der Waals surface area (Å²) in [6.07, 6.45) is 75.1. The van der Waals surface area contributed by atoms with Crippen molar-refractivity contribution < 1.29 is 80.2 Å². The Balaban J connectivity index is 5.19. The molecule has 0 rings (SSSR count). The normalized spacial score (nSPS) is 13.7. The minimum absolute atomic E-state index is 0.109. The number of carbonyl (C=O) groups is 4. The Labute approximate surface area is 658 Å². The zero-order valence-corrected chi connectivity index (χ0v) is 72.1. The second-order valence-corrected chi connectivity index (χ2v) is 35.0. The van der Waals surface area contributed by atoms with Crippen molar-refractivity contribution in [2.45, 2.75) is 496 Å². The summed E-state index contributed by atoms with van der Waals surface area (Å²) < 4.78 is 68.9. The molecule has 0 saturated heterocycles. The molecular weight excluding hydrogens is 1390 g/mol. The third-order valence-electron chi connectivity index (χ3n) is 20.8. The number of carbonyl (C=O) groups excluding carboxylic acids is 4. The molecule has 0 aliphatic rings. The van der Waals surface area contributed by atoms with Gasteiger partial charge in [-0.1, -0.05) is 426 Å². The summed E-state index contributed by atoms with van der Waals surface area (Å²) in [6.45, 7) is 7.40. The summed E-state index contributed by atoms with van der Waals surface area (Å²) >= 11 is 0. The average molecular weight is 1560 g/mol. The van der Waals surface area contributed by atoms with Gasteiger partial charge < -0.3 is 33.8 Å². The van der Waals surface area contributed by atoms with Gasteiger partial charge in [-0.3, -0.25) is 37.3 Å². The number of esters is 4. The van der Waals surface area contributed by atoms with E-state index in [4.69, 9.17) is 37.0 Å². The molecule has 0 radical (unpaired) electrons. The fourth-order valence-corrected chi connectivity index (χ4v) is 15.4. The van der Waals surface area contributed by atoms with Crippen molar-refractivity contribution in [3.05, 3.63) is 0 Å². The Bertz CT molecular complexity index is 2030. The van der Waals surface area contributed by atoms with Crippen LogP contribution in [-0.2, 0) is 65.4 Å². The first kappa shape index (κ1) is 105. The zero-order chi connectivity index (χ0) is 78.3. The number of ether oxygens (including phenoxy) is 4. The molecule has 19 heteroatoms. The van der Waals surface area contributed by atoms with E-state index in [2.05, 4.69) is 34.6 Å². The molecule has 0 spiro atoms. The van der Waals surface area contributed by atoms with Gasteiger partial charge in [0.2, 0.25) is 0 Å². The van der Waals surface area contributed by atoms with Crippen LogP contribution in [0, 0.1) is 5.92 Å². The summed E-state index contributed by atoms with van der Waals surface area (Å²) in [5, 5.41) is 10.7. The SMILES string of the molecule is CCCCCCCCCCCCCCCCCCCCCCCC(=O)OC[C@H](COP(=O)(O)OC[C@@H](O)COP(=O)(O)OC[C@@H](COC(=O)CCCCCCCCCCC)OC(=O)CCCCCCCCCCCCCCCCCC)OC(=O)CCCCCCCCCCCCCCCCCCCCC(C)C. The molecule has 0 aromatic carbocycles. The number of aliphatic hydroxyl groups is 1. The van der Waals surface area contributed by atoms with Gasteiger partial charge in [-0.15, -0.1) is 0 Å². The Morgan fingerprint density at radius 1 is 0.252 bits per heavy atom. The smallest absolute Gasteiger partial charge is 0.462 e. The van der Waals surface area contributed by atoms with E-state index in [1.54, 1.807) is 0 Å². The lowest BCUT2D eigenvalue weighted by Crippen LogP contribution is -2.30. The van der Waals surface area contributed by atoms with Crippen LogP contribution in [0.2, 0.25) is 0 Å². The number of phosphoric acid groups is 2. The van der Waals surface area contributed by atoms with Crippen molar-refractivity contribution in [1.82, 2.24) is 0 Å². The van der Waals surface area contributed by atoms with Crippen LogP contribution in [0.1, 0.15) is 478 Å². The molecule has 0 aromatic rings. The highest BCUT2D eigenvalue weighted by Crippen LogP contribution is 2.45. The highest BCUT2D eigenvalue weighted by molar-refractivity contribution is 7.47. The van der Waals surface area contributed by atoms with Crippen molar-refractivity contribution in [2.75, 3.05) is 39.6 Å². The van der Waals surface area contributed by atoms with Gasteiger partial charge in [-0.25, -0.2) is 9.13 Å². The Morgan fingerprint density at radius 2 is 0.430 bits per heavy atom. The van der Waals surface area contributed by atoms with E-state index in [1.165, 1.54) is 302 Å². The van der Waals surface area contributed by atoms with Crippen molar-refractivity contribution in [1.29, 1.82) is 0 Å². The van der Waals surface area contributed by atoms with E-state index in [1.807, 2.05) is 0 Å². The molecule has 0 bridgehead atoms. The van der Waals surface area contributed by atoms with Crippen LogP contribution in [0.5, 0.6) is 0 Å². The maximum absolute atomic E-state index is 13.2. The predicted molar refractivity (Wildman–Crippen MR) is 442 cm³/mol. The van der Waals surface area contributed by atoms with Gasteiger partial charge in [0, 0.05) is 25.7 Å². The molecule has 0 fully saturated rings. The van der Waals surface area contributed by atoms with Crippen LogP contribution in [0.15, 0.2) is 0 Å². The Kier molecular flexibility index (Phi) is 79.2. The second kappa shape index (κ2) is 80.7. The first-order chi connectivity index (χ1) is 52.0. The largest absolute Gasteiger partial charge is 0.472 e. The standard InChI is InChI=1S/C88H172O17P2/c1-6-9-12-15-18-21-23-25-27-29-30-31-32-36-40-43-47-52-57-62-67-72-86(91)99-78-84(105-88(93)74-69-64-59-54-49-45-41-37-34-33-35-38-42-46-51-55-60-65-70-81(4)5)80-103-107(96,97)101-76-82(89)75-100-106(94,95)102-79-83(77-98-85(90)71-66-61-56-50-20-17-14-11-8-3)104-87(92)73-68-63-58-53-48-44-39-28-26-24-22-19-16-13-10-7-2/h81-84,89H,6-80H2,1-5H3,(H,94,95)(H,96,97)/t82-,83+,84+/m0/s1. The molecule has 0 heterocycles. The maximum Gasteiger partial charge on any atom is 0.472 e. The molecule has 17 nitrogen and oxygen atoms in total. The van der Waals surface area contributed by atoms with Crippen LogP contribution >= 0.6 is 15.6 Å². The zero-order valence-electron chi connectivity index (χ0n) is 70.3. The molecule has 5 atom stereocenters. The quantitative estimate of drug-likeness (QED) is 0.0222. The van der Waals surface area contributed by atoms with E-state index in [9.17, 15) is 43.2 Å². The number of rotatable bonds is 88.